The van der Waals surface area contributed by atoms with E-state index in [1.807, 2.05) is 42.5 Å². The van der Waals surface area contributed by atoms with E-state index < -0.39 is 0 Å². The molecule has 0 fully saturated rings. The van der Waals surface area contributed by atoms with Crippen molar-refractivity contribution in [3.8, 4) is 11.5 Å². The van der Waals surface area contributed by atoms with Crippen LogP contribution in [0, 0.1) is 0 Å². The fraction of sp³-hybridized carbons (Fsp3) is 0.111. The standard InChI is InChI=1S/C18H16N2O3/c1-22-13-6-3-12(4-7-13)5-10-17(21)18-19-15-9-8-14(23-2)11-16(15)20-18/h3-11H,1-2H3,(H,19,20)/b10-5+. The molecule has 0 unspecified atom stereocenters. The number of benzene rings is 2. The number of nitrogens with zero attached hydrogens (tertiary/aromatic N) is 1. The van der Waals surface area contributed by atoms with Crippen molar-refractivity contribution in [2.24, 2.45) is 0 Å². The van der Waals surface area contributed by atoms with E-state index in [4.69, 9.17) is 9.47 Å². The van der Waals surface area contributed by atoms with Gasteiger partial charge in [0.2, 0.25) is 5.78 Å². The van der Waals surface area contributed by atoms with Crippen LogP contribution in [0.5, 0.6) is 11.5 Å². The summed E-state index contributed by atoms with van der Waals surface area (Å²) in [5.74, 6) is 1.61. The number of ether oxygens (including phenoxy) is 2. The average molecular weight is 308 g/mol. The third kappa shape index (κ3) is 3.23. The zero-order valence-corrected chi connectivity index (χ0v) is 12.9. The number of aromatic amines is 1. The molecule has 1 heterocycles. The van der Waals surface area contributed by atoms with Crippen molar-refractivity contribution in [3.63, 3.8) is 0 Å². The molecule has 116 valence electrons. The zero-order valence-electron chi connectivity index (χ0n) is 12.9. The monoisotopic (exact) mass is 308 g/mol. The highest BCUT2D eigenvalue weighted by Gasteiger charge is 2.09. The molecule has 1 aromatic heterocycles. The maximum absolute atomic E-state index is 12.2. The highest BCUT2D eigenvalue weighted by molar-refractivity contribution is 6.05. The molecule has 0 bridgehead atoms. The minimum absolute atomic E-state index is 0.184. The smallest absolute Gasteiger partial charge is 0.221 e. The number of carbonyl (C=O) groups is 1. The van der Waals surface area contributed by atoms with Gasteiger partial charge in [-0.15, -0.1) is 0 Å². The van der Waals surface area contributed by atoms with Gasteiger partial charge < -0.3 is 14.5 Å². The maximum atomic E-state index is 12.2. The third-order valence-corrected chi connectivity index (χ3v) is 3.47. The van der Waals surface area contributed by atoms with E-state index in [9.17, 15) is 4.79 Å². The Morgan fingerprint density at radius 2 is 1.74 bits per heavy atom. The molecule has 3 rings (SSSR count). The quantitative estimate of drug-likeness (QED) is 0.579. The van der Waals surface area contributed by atoms with Gasteiger partial charge in [0.25, 0.3) is 0 Å². The largest absolute Gasteiger partial charge is 0.497 e. The van der Waals surface area contributed by atoms with Gasteiger partial charge in [-0.3, -0.25) is 4.79 Å². The summed E-state index contributed by atoms with van der Waals surface area (Å²) in [4.78, 5) is 19.5. The van der Waals surface area contributed by atoms with Crippen LogP contribution < -0.4 is 9.47 Å². The Labute approximate surface area is 133 Å². The molecule has 3 aromatic rings. The molecule has 0 aliphatic rings. The molecule has 0 saturated carbocycles. The SMILES string of the molecule is COc1ccc(/C=C/C(=O)c2nc3ccc(OC)cc3[nH]2)cc1. The van der Waals surface area contributed by atoms with E-state index in [-0.39, 0.29) is 5.78 Å². The molecule has 2 aromatic carbocycles. The summed E-state index contributed by atoms with van der Waals surface area (Å²) in [5, 5.41) is 0. The van der Waals surface area contributed by atoms with Gasteiger partial charge in [0.05, 0.1) is 25.3 Å². The minimum atomic E-state index is -0.184. The molecule has 0 spiro atoms. The number of hydrogen-bond acceptors (Lipinski definition) is 4. The lowest BCUT2D eigenvalue weighted by molar-refractivity contribution is 0.103. The Morgan fingerprint density at radius 3 is 2.43 bits per heavy atom. The maximum Gasteiger partial charge on any atom is 0.221 e. The van der Waals surface area contributed by atoms with Crippen molar-refractivity contribution < 1.29 is 14.3 Å². The number of methoxy groups -OCH3 is 2. The predicted molar refractivity (Wildman–Crippen MR) is 89.0 cm³/mol. The zero-order chi connectivity index (χ0) is 16.2. The van der Waals surface area contributed by atoms with Gasteiger partial charge in [0, 0.05) is 6.07 Å². The van der Waals surface area contributed by atoms with Crippen molar-refractivity contribution >= 4 is 22.9 Å². The first-order chi connectivity index (χ1) is 11.2. The van der Waals surface area contributed by atoms with Crippen molar-refractivity contribution in [2.75, 3.05) is 14.2 Å². The molecular formula is C18H16N2O3. The number of rotatable bonds is 5. The normalized spacial score (nSPS) is 11.0. The molecule has 0 aliphatic heterocycles. The highest BCUT2D eigenvalue weighted by Crippen LogP contribution is 2.19. The summed E-state index contributed by atoms with van der Waals surface area (Å²) < 4.78 is 10.3. The molecule has 0 saturated heterocycles. The molecule has 5 nitrogen and oxygen atoms in total. The number of ketones is 1. The van der Waals surface area contributed by atoms with Crippen molar-refractivity contribution in [3.05, 3.63) is 59.9 Å². The molecule has 1 N–H and O–H groups in total. The van der Waals surface area contributed by atoms with E-state index in [2.05, 4.69) is 9.97 Å². The Bertz CT molecular complexity index is 864. The molecule has 5 heteroatoms. The summed E-state index contributed by atoms with van der Waals surface area (Å²) >= 11 is 0. The number of imidazole rings is 1. The van der Waals surface area contributed by atoms with Gasteiger partial charge >= 0.3 is 0 Å². The Hall–Kier alpha value is -3.08. The lowest BCUT2D eigenvalue weighted by atomic mass is 10.2. The van der Waals surface area contributed by atoms with Crippen LogP contribution in [0.4, 0.5) is 0 Å². The van der Waals surface area contributed by atoms with Crippen molar-refractivity contribution in [2.45, 2.75) is 0 Å². The summed E-state index contributed by atoms with van der Waals surface area (Å²) in [6.07, 6.45) is 3.24. The Balaban J connectivity index is 1.80. The van der Waals surface area contributed by atoms with Gasteiger partial charge in [0.1, 0.15) is 11.5 Å². The van der Waals surface area contributed by atoms with Crippen LogP contribution in [-0.4, -0.2) is 30.0 Å². The topological polar surface area (TPSA) is 64.2 Å². The number of allylic oxidation sites excluding steroid dienone is 1. The van der Waals surface area contributed by atoms with Gasteiger partial charge in [-0.2, -0.15) is 0 Å². The van der Waals surface area contributed by atoms with Gasteiger partial charge in [-0.05, 0) is 35.9 Å². The van der Waals surface area contributed by atoms with Crippen LogP contribution in [0.3, 0.4) is 0 Å². The van der Waals surface area contributed by atoms with Gasteiger partial charge in [0.15, 0.2) is 5.82 Å². The van der Waals surface area contributed by atoms with E-state index in [0.717, 1.165) is 22.3 Å². The average Bonchev–Trinajstić information content (AvgIpc) is 3.03. The molecule has 0 aliphatic carbocycles. The molecule has 0 radical (unpaired) electrons. The fourth-order valence-electron chi connectivity index (χ4n) is 2.20. The third-order valence-electron chi connectivity index (χ3n) is 3.47. The second-order valence-electron chi connectivity index (χ2n) is 4.94. The minimum Gasteiger partial charge on any atom is -0.497 e. The van der Waals surface area contributed by atoms with E-state index in [0.29, 0.717) is 11.6 Å². The molecule has 0 amide bonds. The van der Waals surface area contributed by atoms with Crippen LogP contribution in [0.1, 0.15) is 16.2 Å². The van der Waals surface area contributed by atoms with E-state index in [1.165, 1.54) is 6.08 Å². The van der Waals surface area contributed by atoms with Crippen LogP contribution in [0.25, 0.3) is 17.1 Å². The number of fused-ring (bicyclic) bond motifs is 1. The lowest BCUT2D eigenvalue weighted by Gasteiger charge is -1.98. The molecule has 0 atom stereocenters. The van der Waals surface area contributed by atoms with E-state index in [1.54, 1.807) is 20.3 Å². The first kappa shape index (κ1) is 14.8. The first-order valence-corrected chi connectivity index (χ1v) is 7.10. The van der Waals surface area contributed by atoms with Crippen LogP contribution in [-0.2, 0) is 0 Å². The Kier molecular flexibility index (Phi) is 4.10. The summed E-state index contributed by atoms with van der Waals surface area (Å²) in [6, 6.07) is 12.9. The fourth-order valence-corrected chi connectivity index (χ4v) is 2.20. The number of hydrogen-bond donors (Lipinski definition) is 1. The summed E-state index contributed by atoms with van der Waals surface area (Å²) in [7, 11) is 3.21. The highest BCUT2D eigenvalue weighted by atomic mass is 16.5. The van der Waals surface area contributed by atoms with Crippen molar-refractivity contribution in [1.29, 1.82) is 0 Å². The number of carbonyl (C=O) groups excluding carboxylic acids is 1. The summed E-state index contributed by atoms with van der Waals surface area (Å²) in [5.41, 5.74) is 2.41. The number of H-pyrrole nitrogens is 1. The predicted octanol–water partition coefficient (Wildman–Crippen LogP) is 3.48. The second-order valence-corrected chi connectivity index (χ2v) is 4.94. The summed E-state index contributed by atoms with van der Waals surface area (Å²) in [6.45, 7) is 0. The van der Waals surface area contributed by atoms with Crippen molar-refractivity contribution in [1.82, 2.24) is 9.97 Å². The van der Waals surface area contributed by atoms with Crippen LogP contribution in [0.15, 0.2) is 48.5 Å². The molecule has 23 heavy (non-hydrogen) atoms. The van der Waals surface area contributed by atoms with Gasteiger partial charge in [-0.1, -0.05) is 18.2 Å². The molecular weight excluding hydrogens is 292 g/mol. The Morgan fingerprint density at radius 1 is 1.04 bits per heavy atom. The van der Waals surface area contributed by atoms with E-state index >= 15 is 0 Å². The first-order valence-electron chi connectivity index (χ1n) is 7.10. The lowest BCUT2D eigenvalue weighted by Crippen LogP contribution is -1.96. The number of aromatic nitrogens is 2. The van der Waals surface area contributed by atoms with Crippen LogP contribution >= 0.6 is 0 Å². The second kappa shape index (κ2) is 6.36. The van der Waals surface area contributed by atoms with Crippen LogP contribution in [0.2, 0.25) is 0 Å². The van der Waals surface area contributed by atoms with Gasteiger partial charge in [-0.25, -0.2) is 4.98 Å². The number of nitrogens with one attached hydrogen (secondary N) is 1.